The fourth-order valence-electron chi connectivity index (χ4n) is 3.50. The van der Waals surface area contributed by atoms with E-state index in [1.54, 1.807) is 0 Å². The molecule has 0 atom stereocenters. The van der Waals surface area contributed by atoms with Crippen LogP contribution < -0.4 is 4.84 Å². The maximum atomic E-state index is 5.68. The molecule has 1 N–H and O–H groups in total. The Balaban J connectivity index is 1.81. The minimum atomic E-state index is 0.162. The smallest absolute Gasteiger partial charge is 0.232 e. The van der Waals surface area contributed by atoms with Crippen LogP contribution in [0.2, 0.25) is 0 Å². The average molecular weight is 256 g/mol. The van der Waals surface area contributed by atoms with Crippen molar-refractivity contribution in [3.63, 3.8) is 0 Å². The molecule has 0 radical (unpaired) electrons. The highest BCUT2D eigenvalue weighted by Gasteiger charge is 2.51. The van der Waals surface area contributed by atoms with Gasteiger partial charge in [0.1, 0.15) is 0 Å². The fourth-order valence-corrected chi connectivity index (χ4v) is 3.79. The summed E-state index contributed by atoms with van der Waals surface area (Å²) < 4.78 is 5.41. The van der Waals surface area contributed by atoms with Gasteiger partial charge in [0.05, 0.1) is 0 Å². The summed E-state index contributed by atoms with van der Waals surface area (Å²) in [7, 11) is 0. The molecular formula is C12H18ClN3O. The van der Waals surface area contributed by atoms with E-state index in [0.717, 1.165) is 37.5 Å². The van der Waals surface area contributed by atoms with Crippen LogP contribution in [0.15, 0.2) is 4.52 Å². The molecule has 3 aliphatic carbocycles. The van der Waals surface area contributed by atoms with Crippen molar-refractivity contribution in [1.82, 2.24) is 15.0 Å². The van der Waals surface area contributed by atoms with E-state index in [-0.39, 0.29) is 5.41 Å². The second-order valence-corrected chi connectivity index (χ2v) is 6.00. The summed E-state index contributed by atoms with van der Waals surface area (Å²) >= 11 is 5.68. The predicted molar refractivity (Wildman–Crippen MR) is 64.7 cm³/mol. The van der Waals surface area contributed by atoms with E-state index >= 15 is 0 Å². The van der Waals surface area contributed by atoms with Gasteiger partial charge in [0.2, 0.25) is 5.89 Å². The highest BCUT2D eigenvalue weighted by Crippen LogP contribution is 2.57. The second-order valence-electron chi connectivity index (χ2n) is 5.74. The number of nitrogens with one attached hydrogen (secondary N) is 1. The maximum absolute atomic E-state index is 5.68. The summed E-state index contributed by atoms with van der Waals surface area (Å²) in [5.74, 6) is 1.61. The summed E-state index contributed by atoms with van der Waals surface area (Å²) in [5, 5.41) is 3.94. The van der Waals surface area contributed by atoms with Gasteiger partial charge in [-0.05, 0) is 62.6 Å². The lowest BCUT2D eigenvalue weighted by Gasteiger charge is -2.51. The molecule has 4 rings (SSSR count). The second kappa shape index (κ2) is 3.95. The van der Waals surface area contributed by atoms with E-state index in [0.29, 0.717) is 5.41 Å². The van der Waals surface area contributed by atoms with Crippen LogP contribution in [0.4, 0.5) is 0 Å². The molecule has 1 heterocycles. The van der Waals surface area contributed by atoms with E-state index < -0.39 is 0 Å². The van der Waals surface area contributed by atoms with Gasteiger partial charge < -0.3 is 4.52 Å². The first-order valence-corrected chi connectivity index (χ1v) is 6.70. The van der Waals surface area contributed by atoms with Gasteiger partial charge in [0.25, 0.3) is 0 Å². The molecule has 0 saturated heterocycles. The van der Waals surface area contributed by atoms with Crippen LogP contribution in [0.5, 0.6) is 0 Å². The van der Waals surface area contributed by atoms with Crippen molar-refractivity contribution >= 4 is 11.8 Å². The first kappa shape index (κ1) is 11.5. The summed E-state index contributed by atoms with van der Waals surface area (Å²) in [6.07, 6.45) is 7.13. The third-order valence-corrected chi connectivity index (χ3v) is 4.96. The molecule has 0 aromatic carbocycles. The Morgan fingerprint density at radius 1 is 1.24 bits per heavy atom. The van der Waals surface area contributed by atoms with Crippen LogP contribution in [-0.4, -0.2) is 16.7 Å². The lowest BCUT2D eigenvalue weighted by Crippen LogP contribution is -2.47. The van der Waals surface area contributed by atoms with Gasteiger partial charge in [-0.3, -0.25) is 0 Å². The number of nitrogens with zero attached hydrogens (tertiary/aromatic N) is 2. The highest BCUT2D eigenvalue weighted by molar-refractivity contribution is 6.13. The number of hydrogen-bond donors (Lipinski definition) is 1. The van der Waals surface area contributed by atoms with Gasteiger partial charge in [-0.25, -0.2) is 4.84 Å². The topological polar surface area (TPSA) is 51.0 Å². The number of hydrogen-bond acceptors (Lipinski definition) is 4. The summed E-state index contributed by atoms with van der Waals surface area (Å²) in [4.78, 5) is 7.28. The summed E-state index contributed by atoms with van der Waals surface area (Å²) in [6, 6.07) is 0. The Hall–Kier alpha value is -0.610. The number of aromatic nitrogens is 2. The molecule has 0 amide bonds. The van der Waals surface area contributed by atoms with Crippen molar-refractivity contribution in [2.75, 3.05) is 6.54 Å². The molecule has 4 nitrogen and oxygen atoms in total. The molecular weight excluding hydrogens is 238 g/mol. The van der Waals surface area contributed by atoms with Crippen molar-refractivity contribution in [1.29, 1.82) is 0 Å². The third-order valence-electron chi connectivity index (χ3n) is 4.82. The van der Waals surface area contributed by atoms with Crippen LogP contribution in [0, 0.1) is 12.3 Å². The van der Waals surface area contributed by atoms with Crippen LogP contribution in [-0.2, 0) is 5.41 Å². The number of fused-ring (bicyclic) bond motifs is 3. The van der Waals surface area contributed by atoms with Gasteiger partial charge in [0, 0.05) is 12.0 Å². The Morgan fingerprint density at radius 3 is 2.35 bits per heavy atom. The summed E-state index contributed by atoms with van der Waals surface area (Å²) in [5.41, 5.74) is 0.577. The van der Waals surface area contributed by atoms with Crippen LogP contribution >= 0.6 is 11.8 Å². The first-order valence-electron chi connectivity index (χ1n) is 6.32. The molecule has 3 fully saturated rings. The third kappa shape index (κ3) is 1.78. The molecule has 0 aliphatic heterocycles. The highest BCUT2D eigenvalue weighted by atomic mass is 35.5. The number of aryl methyl sites for hydroxylation is 1. The lowest BCUT2D eigenvalue weighted by atomic mass is 9.53. The zero-order valence-corrected chi connectivity index (χ0v) is 10.9. The lowest BCUT2D eigenvalue weighted by molar-refractivity contribution is 0.0268. The standard InChI is InChI=1S/C12H18ClN3O/c1-9-15-10(17-16-9)12-5-2-11(3-6-12,4-7-12)8-14-13/h14H,2-8H2,1H3. The van der Waals surface area contributed by atoms with Crippen molar-refractivity contribution in [3.8, 4) is 0 Å². The molecule has 1 aromatic rings. The molecule has 94 valence electrons. The van der Waals surface area contributed by atoms with Gasteiger partial charge in [-0.2, -0.15) is 4.98 Å². The maximum Gasteiger partial charge on any atom is 0.232 e. The van der Waals surface area contributed by atoms with Crippen LogP contribution in [0.25, 0.3) is 0 Å². The zero-order chi connectivity index (χ0) is 11.9. The minimum absolute atomic E-state index is 0.162. The van der Waals surface area contributed by atoms with Gasteiger partial charge in [-0.1, -0.05) is 5.16 Å². The Kier molecular flexibility index (Phi) is 2.67. The molecule has 1 aromatic heterocycles. The van der Waals surface area contributed by atoms with Gasteiger partial charge in [-0.15, -0.1) is 0 Å². The summed E-state index contributed by atoms with van der Waals surface area (Å²) in [6.45, 7) is 2.81. The largest absolute Gasteiger partial charge is 0.339 e. The monoisotopic (exact) mass is 255 g/mol. The van der Waals surface area contributed by atoms with Crippen molar-refractivity contribution in [3.05, 3.63) is 11.7 Å². The Bertz CT molecular complexity index is 393. The quantitative estimate of drug-likeness (QED) is 0.844. The predicted octanol–water partition coefficient (Wildman–Crippen LogP) is 2.71. The van der Waals surface area contributed by atoms with Crippen LogP contribution in [0.1, 0.15) is 50.2 Å². The Labute approximate surface area is 106 Å². The Morgan fingerprint density at radius 2 is 1.88 bits per heavy atom. The zero-order valence-electron chi connectivity index (χ0n) is 10.1. The molecule has 3 saturated carbocycles. The number of halogens is 1. The van der Waals surface area contributed by atoms with E-state index in [2.05, 4.69) is 15.0 Å². The normalized spacial score (nSPS) is 36.4. The first-order chi connectivity index (χ1) is 8.18. The number of rotatable bonds is 3. The fraction of sp³-hybridized carbons (Fsp3) is 0.833. The SMILES string of the molecule is Cc1noc(C23CCC(CNCl)(CC2)CC3)n1. The van der Waals surface area contributed by atoms with E-state index in [1.807, 2.05) is 6.92 Å². The van der Waals surface area contributed by atoms with Gasteiger partial charge >= 0.3 is 0 Å². The van der Waals surface area contributed by atoms with Crippen molar-refractivity contribution in [2.45, 2.75) is 50.9 Å². The molecule has 3 aliphatic rings. The van der Waals surface area contributed by atoms with Crippen LogP contribution in [0.3, 0.4) is 0 Å². The minimum Gasteiger partial charge on any atom is -0.339 e. The van der Waals surface area contributed by atoms with E-state index in [9.17, 15) is 0 Å². The molecule has 2 bridgehead atoms. The van der Waals surface area contributed by atoms with Gasteiger partial charge in [0.15, 0.2) is 5.82 Å². The molecule has 17 heavy (non-hydrogen) atoms. The van der Waals surface area contributed by atoms with Crippen molar-refractivity contribution < 1.29 is 4.52 Å². The molecule has 0 unspecified atom stereocenters. The average Bonchev–Trinajstić information content (AvgIpc) is 2.79. The van der Waals surface area contributed by atoms with E-state index in [1.165, 1.54) is 19.3 Å². The van der Waals surface area contributed by atoms with Crippen molar-refractivity contribution in [2.24, 2.45) is 5.41 Å². The molecule has 0 spiro atoms. The molecule has 5 heteroatoms. The van der Waals surface area contributed by atoms with E-state index in [4.69, 9.17) is 16.3 Å².